The summed E-state index contributed by atoms with van der Waals surface area (Å²) in [6.07, 6.45) is 0. The Morgan fingerprint density at radius 2 is 2.26 bits per heavy atom. The number of carbonyl (C=O) groups is 1. The van der Waals surface area contributed by atoms with Crippen molar-refractivity contribution in [3.63, 3.8) is 0 Å². The summed E-state index contributed by atoms with van der Waals surface area (Å²) in [6, 6.07) is 3.91. The van der Waals surface area contributed by atoms with Gasteiger partial charge in [0, 0.05) is 18.6 Å². The second-order valence-electron chi connectivity index (χ2n) is 5.78. The number of hydrogen-bond acceptors (Lipinski definition) is 7. The summed E-state index contributed by atoms with van der Waals surface area (Å²) in [5, 5.41) is 14.4. The Morgan fingerprint density at radius 3 is 2.87 bits per heavy atom. The van der Waals surface area contributed by atoms with Crippen LogP contribution in [-0.2, 0) is 14.2 Å². The highest BCUT2D eigenvalue weighted by atomic mass is 16.6. The second kappa shape index (κ2) is 6.93. The summed E-state index contributed by atoms with van der Waals surface area (Å²) in [5.41, 5.74) is 0.0807. The fourth-order valence-corrected chi connectivity index (χ4v) is 2.64. The van der Waals surface area contributed by atoms with E-state index < -0.39 is 10.9 Å². The molecule has 8 nitrogen and oxygen atoms in total. The van der Waals surface area contributed by atoms with E-state index in [0.717, 1.165) is 0 Å². The van der Waals surface area contributed by atoms with Crippen LogP contribution in [0.5, 0.6) is 0 Å². The summed E-state index contributed by atoms with van der Waals surface area (Å²) in [6.45, 7) is 3.33. The molecule has 8 heteroatoms. The number of carbonyl (C=O) groups excluding carboxylic acids is 1. The highest BCUT2D eigenvalue weighted by molar-refractivity contribution is 5.91. The molecule has 2 atom stereocenters. The fraction of sp³-hybridized carbons (Fsp3) is 0.533. The third-order valence-corrected chi connectivity index (χ3v) is 3.98. The van der Waals surface area contributed by atoms with E-state index in [2.05, 4.69) is 10.1 Å². The number of nitrogens with one attached hydrogen (secondary N) is 1. The maximum atomic E-state index is 11.6. The number of ether oxygens (including phenoxy) is 3. The predicted octanol–water partition coefficient (Wildman–Crippen LogP) is 1.84. The third-order valence-electron chi connectivity index (χ3n) is 3.98. The molecule has 1 aliphatic heterocycles. The van der Waals surface area contributed by atoms with Gasteiger partial charge in [0.05, 0.1) is 43.5 Å². The normalized spacial score (nSPS) is 23.5. The molecule has 1 aliphatic rings. The number of benzene rings is 1. The van der Waals surface area contributed by atoms with Crippen LogP contribution in [0, 0.1) is 15.5 Å². The molecule has 1 heterocycles. The number of esters is 1. The van der Waals surface area contributed by atoms with Crippen molar-refractivity contribution >= 4 is 17.3 Å². The number of hydrogen-bond donors (Lipinski definition) is 1. The molecule has 2 rings (SSSR count). The van der Waals surface area contributed by atoms with Gasteiger partial charge >= 0.3 is 5.97 Å². The first-order valence-electron chi connectivity index (χ1n) is 7.11. The van der Waals surface area contributed by atoms with Crippen LogP contribution >= 0.6 is 0 Å². The van der Waals surface area contributed by atoms with Crippen molar-refractivity contribution in [1.82, 2.24) is 0 Å². The zero-order chi connectivity index (χ0) is 17.0. The zero-order valence-corrected chi connectivity index (χ0v) is 13.3. The molecule has 1 N–H and O–H groups in total. The van der Waals surface area contributed by atoms with Gasteiger partial charge in [-0.3, -0.25) is 10.1 Å². The molecular formula is C15H20N2O6. The monoisotopic (exact) mass is 324 g/mol. The Morgan fingerprint density at radius 1 is 1.52 bits per heavy atom. The molecule has 1 saturated heterocycles. The molecule has 0 bridgehead atoms. The van der Waals surface area contributed by atoms with Crippen molar-refractivity contribution < 1.29 is 23.9 Å². The molecule has 0 spiro atoms. The Bertz CT molecular complexity index is 606. The maximum Gasteiger partial charge on any atom is 0.337 e. The molecule has 0 unspecified atom stereocenters. The van der Waals surface area contributed by atoms with Crippen LogP contribution in [0.25, 0.3) is 0 Å². The van der Waals surface area contributed by atoms with E-state index in [1.54, 1.807) is 7.11 Å². The number of nitro groups is 1. The minimum absolute atomic E-state index is 0.107. The van der Waals surface area contributed by atoms with Gasteiger partial charge in [-0.05, 0) is 12.1 Å². The van der Waals surface area contributed by atoms with Crippen molar-refractivity contribution in [2.24, 2.45) is 5.41 Å². The van der Waals surface area contributed by atoms with Crippen molar-refractivity contribution in [3.8, 4) is 0 Å². The van der Waals surface area contributed by atoms with Gasteiger partial charge in [0.15, 0.2) is 0 Å². The quantitative estimate of drug-likeness (QED) is 0.484. The minimum Gasteiger partial charge on any atom is -0.465 e. The third kappa shape index (κ3) is 3.59. The minimum atomic E-state index is -0.551. The Hall–Kier alpha value is -2.19. The Labute approximate surface area is 133 Å². The standard InChI is InChI=1S/C15H20N2O6/c1-15(8-21-2)9-23-7-13(15)16-11-6-10(14(18)22-3)4-5-12(11)17(19)20/h4-6,13,16H,7-9H2,1-3H3/t13-,15+/m1/s1. The van der Waals surface area contributed by atoms with E-state index >= 15 is 0 Å². The van der Waals surface area contributed by atoms with Crippen LogP contribution in [0.1, 0.15) is 17.3 Å². The topological polar surface area (TPSA) is 99.9 Å². The van der Waals surface area contributed by atoms with Gasteiger partial charge in [-0.15, -0.1) is 0 Å². The van der Waals surface area contributed by atoms with Gasteiger partial charge in [0.1, 0.15) is 5.69 Å². The number of anilines is 1. The summed E-state index contributed by atoms with van der Waals surface area (Å²) < 4.78 is 15.4. The van der Waals surface area contributed by atoms with Crippen LogP contribution in [0.15, 0.2) is 18.2 Å². The van der Waals surface area contributed by atoms with Gasteiger partial charge in [0.25, 0.3) is 5.69 Å². The molecule has 0 amide bonds. The molecule has 1 aromatic carbocycles. The Kier molecular flexibility index (Phi) is 5.17. The molecule has 0 radical (unpaired) electrons. The van der Waals surface area contributed by atoms with Crippen LogP contribution in [0.4, 0.5) is 11.4 Å². The average molecular weight is 324 g/mol. The van der Waals surface area contributed by atoms with E-state index in [9.17, 15) is 14.9 Å². The fourth-order valence-electron chi connectivity index (χ4n) is 2.64. The highest BCUT2D eigenvalue weighted by Gasteiger charge is 2.41. The summed E-state index contributed by atoms with van der Waals surface area (Å²) in [7, 11) is 2.86. The molecule has 1 aromatic rings. The second-order valence-corrected chi connectivity index (χ2v) is 5.78. The van der Waals surface area contributed by atoms with Gasteiger partial charge in [0.2, 0.25) is 0 Å². The van der Waals surface area contributed by atoms with Crippen molar-refractivity contribution in [2.45, 2.75) is 13.0 Å². The van der Waals surface area contributed by atoms with Gasteiger partial charge in [-0.1, -0.05) is 6.92 Å². The average Bonchev–Trinajstić information content (AvgIpc) is 2.87. The van der Waals surface area contributed by atoms with E-state index in [4.69, 9.17) is 9.47 Å². The zero-order valence-electron chi connectivity index (χ0n) is 13.3. The first kappa shape index (κ1) is 17.2. The Balaban J connectivity index is 2.33. The number of methoxy groups -OCH3 is 2. The van der Waals surface area contributed by atoms with Crippen LogP contribution < -0.4 is 5.32 Å². The van der Waals surface area contributed by atoms with E-state index in [1.807, 2.05) is 6.92 Å². The largest absolute Gasteiger partial charge is 0.465 e. The lowest BCUT2D eigenvalue weighted by Crippen LogP contribution is -2.40. The van der Waals surface area contributed by atoms with Crippen molar-refractivity contribution in [3.05, 3.63) is 33.9 Å². The summed E-state index contributed by atoms with van der Waals surface area (Å²) in [5.74, 6) is -0.551. The van der Waals surface area contributed by atoms with Crippen molar-refractivity contribution in [1.29, 1.82) is 0 Å². The van der Waals surface area contributed by atoms with E-state index in [-0.39, 0.29) is 28.4 Å². The lowest BCUT2D eigenvalue weighted by Gasteiger charge is -2.29. The van der Waals surface area contributed by atoms with Gasteiger partial charge in [-0.2, -0.15) is 0 Å². The van der Waals surface area contributed by atoms with E-state index in [0.29, 0.717) is 19.8 Å². The SMILES string of the molecule is COC[C@@]1(C)COC[C@H]1Nc1cc(C(=O)OC)ccc1[N+](=O)[O-]. The number of nitro benzene ring substituents is 1. The first-order chi connectivity index (χ1) is 10.9. The summed E-state index contributed by atoms with van der Waals surface area (Å²) in [4.78, 5) is 22.4. The lowest BCUT2D eigenvalue weighted by atomic mass is 9.86. The maximum absolute atomic E-state index is 11.6. The highest BCUT2D eigenvalue weighted by Crippen LogP contribution is 2.34. The van der Waals surface area contributed by atoms with E-state index in [1.165, 1.54) is 25.3 Å². The molecular weight excluding hydrogens is 304 g/mol. The molecule has 1 fully saturated rings. The van der Waals surface area contributed by atoms with Gasteiger partial charge < -0.3 is 19.5 Å². The van der Waals surface area contributed by atoms with Crippen LogP contribution in [-0.4, -0.2) is 51.0 Å². The molecule has 126 valence electrons. The summed E-state index contributed by atoms with van der Waals surface area (Å²) >= 11 is 0. The molecule has 0 saturated carbocycles. The molecule has 0 aliphatic carbocycles. The number of rotatable bonds is 6. The molecule has 23 heavy (non-hydrogen) atoms. The predicted molar refractivity (Wildman–Crippen MR) is 82.6 cm³/mol. The lowest BCUT2D eigenvalue weighted by molar-refractivity contribution is -0.384. The van der Waals surface area contributed by atoms with Crippen LogP contribution in [0.3, 0.4) is 0 Å². The van der Waals surface area contributed by atoms with Gasteiger partial charge in [-0.25, -0.2) is 4.79 Å². The van der Waals surface area contributed by atoms with Crippen molar-refractivity contribution in [2.75, 3.05) is 39.4 Å². The molecule has 0 aromatic heterocycles. The van der Waals surface area contributed by atoms with Crippen LogP contribution in [0.2, 0.25) is 0 Å². The first-order valence-corrected chi connectivity index (χ1v) is 7.11. The smallest absolute Gasteiger partial charge is 0.337 e. The number of nitrogens with zero attached hydrogens (tertiary/aromatic N) is 1.